The molecule has 0 atom stereocenters. The Hall–Kier alpha value is -1.84. The van der Waals surface area contributed by atoms with E-state index < -0.39 is 0 Å². The minimum absolute atomic E-state index is 0.305. The number of hydrogen-bond acceptors (Lipinski definition) is 3. The predicted octanol–water partition coefficient (Wildman–Crippen LogP) is 3.69. The zero-order valence-corrected chi connectivity index (χ0v) is 11.9. The predicted molar refractivity (Wildman–Crippen MR) is 79.1 cm³/mol. The summed E-state index contributed by atoms with van der Waals surface area (Å²) in [5.41, 5.74) is 4.21. The number of anilines is 1. The van der Waals surface area contributed by atoms with Crippen LogP contribution < -0.4 is 10.1 Å². The minimum atomic E-state index is -0.341. The van der Waals surface area contributed by atoms with Crippen LogP contribution in [0.5, 0.6) is 5.75 Å². The molecule has 0 spiro atoms. The Labute approximate surface area is 118 Å². The molecule has 1 aromatic carbocycles. The number of aromatic nitrogens is 1. The van der Waals surface area contributed by atoms with Gasteiger partial charge in [0.2, 0.25) is 0 Å². The monoisotopic (exact) mass is 274 g/mol. The lowest BCUT2D eigenvalue weighted by Gasteiger charge is -2.15. The van der Waals surface area contributed by atoms with Crippen LogP contribution in [-0.2, 0) is 12.8 Å². The molecule has 1 aromatic heterocycles. The van der Waals surface area contributed by atoms with Crippen molar-refractivity contribution < 1.29 is 9.13 Å². The van der Waals surface area contributed by atoms with Gasteiger partial charge >= 0.3 is 0 Å². The maximum absolute atomic E-state index is 14.0. The average molecular weight is 274 g/mol. The number of rotatable bonds is 4. The molecular formula is C16H19FN2O. The third kappa shape index (κ3) is 2.09. The molecule has 0 amide bonds. The lowest BCUT2D eigenvalue weighted by molar-refractivity contribution is 0.322. The topological polar surface area (TPSA) is 34.2 Å². The molecule has 4 heteroatoms. The standard InChI is InChI=1S/C16H19FN2O/c1-3-18-16-10-6-5-7-13(10)19-14-9-12(17)15(20-4-2)8-11(14)16/h8-9H,3-7H2,1-2H3,(H,18,19). The van der Waals surface area contributed by atoms with Gasteiger partial charge in [0.15, 0.2) is 11.6 Å². The fourth-order valence-corrected chi connectivity index (χ4v) is 2.91. The highest BCUT2D eigenvalue weighted by Crippen LogP contribution is 2.36. The minimum Gasteiger partial charge on any atom is -0.491 e. The molecule has 0 unspecified atom stereocenters. The molecule has 106 valence electrons. The number of hydrogen-bond donors (Lipinski definition) is 1. The Morgan fingerprint density at radius 3 is 2.90 bits per heavy atom. The number of pyridine rings is 1. The highest BCUT2D eigenvalue weighted by atomic mass is 19.1. The van der Waals surface area contributed by atoms with Crippen molar-refractivity contribution in [3.05, 3.63) is 29.2 Å². The molecule has 0 bridgehead atoms. The van der Waals surface area contributed by atoms with Crippen molar-refractivity contribution in [1.29, 1.82) is 0 Å². The highest BCUT2D eigenvalue weighted by molar-refractivity contribution is 5.94. The molecule has 3 rings (SSSR count). The fourth-order valence-electron chi connectivity index (χ4n) is 2.91. The first-order valence-electron chi connectivity index (χ1n) is 7.26. The molecule has 0 aliphatic heterocycles. The number of benzene rings is 1. The number of aryl methyl sites for hydroxylation is 1. The molecule has 0 saturated heterocycles. The summed E-state index contributed by atoms with van der Waals surface area (Å²) in [5.74, 6) is -0.0360. The molecule has 1 aliphatic rings. The molecule has 20 heavy (non-hydrogen) atoms. The van der Waals surface area contributed by atoms with Gasteiger partial charge in [-0.2, -0.15) is 0 Å². The van der Waals surface area contributed by atoms with E-state index in [0.717, 1.165) is 42.6 Å². The SMILES string of the molecule is CCNc1c2c(nc3cc(F)c(OCC)cc13)CCC2. The molecule has 0 saturated carbocycles. The number of nitrogens with one attached hydrogen (secondary N) is 1. The zero-order valence-electron chi connectivity index (χ0n) is 11.9. The van der Waals surface area contributed by atoms with E-state index in [4.69, 9.17) is 4.74 Å². The van der Waals surface area contributed by atoms with Crippen LogP contribution in [0.4, 0.5) is 10.1 Å². The first kappa shape index (κ1) is 13.2. The van der Waals surface area contributed by atoms with Crippen molar-refractivity contribution in [1.82, 2.24) is 4.98 Å². The first-order valence-corrected chi connectivity index (χ1v) is 7.26. The van der Waals surface area contributed by atoms with Gasteiger partial charge in [-0.05, 0) is 44.7 Å². The van der Waals surface area contributed by atoms with Gasteiger partial charge in [0.05, 0.1) is 12.1 Å². The smallest absolute Gasteiger partial charge is 0.167 e. The summed E-state index contributed by atoms with van der Waals surface area (Å²) in [6.45, 7) is 5.22. The molecular weight excluding hydrogens is 255 g/mol. The van der Waals surface area contributed by atoms with Crippen molar-refractivity contribution in [3.63, 3.8) is 0 Å². The fraction of sp³-hybridized carbons (Fsp3) is 0.438. The van der Waals surface area contributed by atoms with Crippen molar-refractivity contribution in [3.8, 4) is 5.75 Å². The summed E-state index contributed by atoms with van der Waals surface area (Å²) >= 11 is 0. The van der Waals surface area contributed by atoms with E-state index in [2.05, 4.69) is 17.2 Å². The lowest BCUT2D eigenvalue weighted by atomic mass is 10.1. The molecule has 1 heterocycles. The van der Waals surface area contributed by atoms with Gasteiger partial charge in [0.25, 0.3) is 0 Å². The quantitative estimate of drug-likeness (QED) is 0.923. The summed E-state index contributed by atoms with van der Waals surface area (Å²) in [6, 6.07) is 3.26. The number of nitrogens with zero attached hydrogens (tertiary/aromatic N) is 1. The Kier molecular flexibility index (Phi) is 3.47. The van der Waals surface area contributed by atoms with Gasteiger partial charge in [-0.25, -0.2) is 4.39 Å². The zero-order chi connectivity index (χ0) is 14.1. The first-order chi connectivity index (χ1) is 9.74. The van der Waals surface area contributed by atoms with Crippen LogP contribution in [0.25, 0.3) is 10.9 Å². The Morgan fingerprint density at radius 2 is 2.15 bits per heavy atom. The van der Waals surface area contributed by atoms with Gasteiger partial charge in [0.1, 0.15) is 0 Å². The van der Waals surface area contributed by atoms with Crippen molar-refractivity contribution in [2.24, 2.45) is 0 Å². The second kappa shape index (κ2) is 5.27. The van der Waals surface area contributed by atoms with Crippen molar-refractivity contribution >= 4 is 16.6 Å². The van der Waals surface area contributed by atoms with Crippen LogP contribution in [0.1, 0.15) is 31.5 Å². The van der Waals surface area contributed by atoms with E-state index in [1.54, 1.807) is 6.07 Å². The normalized spacial score (nSPS) is 13.6. The van der Waals surface area contributed by atoms with Crippen LogP contribution in [0.15, 0.2) is 12.1 Å². The van der Waals surface area contributed by atoms with Crippen molar-refractivity contribution in [2.45, 2.75) is 33.1 Å². The van der Waals surface area contributed by atoms with E-state index in [9.17, 15) is 4.39 Å². The second-order valence-corrected chi connectivity index (χ2v) is 5.03. The van der Waals surface area contributed by atoms with Gasteiger partial charge < -0.3 is 10.1 Å². The van der Waals surface area contributed by atoms with Gasteiger partial charge in [-0.15, -0.1) is 0 Å². The lowest BCUT2D eigenvalue weighted by Crippen LogP contribution is -2.04. The Bertz CT molecular complexity index is 655. The maximum Gasteiger partial charge on any atom is 0.167 e. The molecule has 2 aromatic rings. The number of ether oxygens (including phenoxy) is 1. The van der Waals surface area contributed by atoms with Crippen molar-refractivity contribution in [2.75, 3.05) is 18.5 Å². The van der Waals surface area contributed by atoms with Crippen LogP contribution in [0.3, 0.4) is 0 Å². The van der Waals surface area contributed by atoms with Crippen LogP contribution in [-0.4, -0.2) is 18.1 Å². The van der Waals surface area contributed by atoms with Gasteiger partial charge in [-0.1, -0.05) is 0 Å². The summed E-state index contributed by atoms with van der Waals surface area (Å²) in [6.07, 6.45) is 3.15. The number of halogens is 1. The molecule has 1 aliphatic carbocycles. The van der Waals surface area contributed by atoms with Gasteiger partial charge in [0, 0.05) is 29.4 Å². The van der Waals surface area contributed by atoms with Gasteiger partial charge in [-0.3, -0.25) is 4.98 Å². The number of fused-ring (bicyclic) bond motifs is 2. The summed E-state index contributed by atoms with van der Waals surface area (Å²) < 4.78 is 19.4. The van der Waals surface area contributed by atoms with Crippen LogP contribution >= 0.6 is 0 Å². The molecule has 1 N–H and O–H groups in total. The largest absolute Gasteiger partial charge is 0.491 e. The summed E-state index contributed by atoms with van der Waals surface area (Å²) in [5, 5.41) is 4.38. The Morgan fingerprint density at radius 1 is 1.30 bits per heavy atom. The maximum atomic E-state index is 14.0. The van der Waals surface area contributed by atoms with E-state index in [1.807, 2.05) is 6.92 Å². The highest BCUT2D eigenvalue weighted by Gasteiger charge is 2.20. The third-order valence-electron chi connectivity index (χ3n) is 3.72. The molecule has 0 radical (unpaired) electrons. The Balaban J connectivity index is 2.25. The second-order valence-electron chi connectivity index (χ2n) is 5.03. The summed E-state index contributed by atoms with van der Waals surface area (Å²) in [7, 11) is 0. The molecule has 3 nitrogen and oxygen atoms in total. The van der Waals surface area contributed by atoms with Crippen LogP contribution in [0.2, 0.25) is 0 Å². The van der Waals surface area contributed by atoms with Crippen LogP contribution in [0, 0.1) is 5.82 Å². The summed E-state index contributed by atoms with van der Waals surface area (Å²) in [4.78, 5) is 4.63. The van der Waals surface area contributed by atoms with E-state index in [1.165, 1.54) is 11.6 Å². The third-order valence-corrected chi connectivity index (χ3v) is 3.72. The van der Waals surface area contributed by atoms with E-state index >= 15 is 0 Å². The average Bonchev–Trinajstić information content (AvgIpc) is 2.88. The molecule has 0 fully saturated rings. The van der Waals surface area contributed by atoms with E-state index in [0.29, 0.717) is 17.9 Å². The van der Waals surface area contributed by atoms with E-state index in [-0.39, 0.29) is 5.82 Å².